The number of amides is 1. The fraction of sp³-hybridized carbons (Fsp3) is 0.200. The van der Waals surface area contributed by atoms with E-state index in [1.54, 1.807) is 91.0 Å². The molecule has 0 bridgehead atoms. The monoisotopic (exact) mass is 490 g/mol. The van der Waals surface area contributed by atoms with Crippen molar-refractivity contribution >= 4 is 34.6 Å². The van der Waals surface area contributed by atoms with E-state index in [0.717, 1.165) is 0 Å². The van der Waals surface area contributed by atoms with Gasteiger partial charge in [0.05, 0.1) is 0 Å². The average molecular weight is 490 g/mol. The molecule has 0 aliphatic rings. The quantitative estimate of drug-likeness (QED) is 0.357. The molecule has 0 atom stereocenters. The first-order chi connectivity index (χ1) is 16.2. The zero-order chi connectivity index (χ0) is 24.7. The maximum atomic E-state index is 13.7. The fourth-order valence-electron chi connectivity index (χ4n) is 4.18. The van der Waals surface area contributed by atoms with Crippen LogP contribution in [0.25, 0.3) is 0 Å². The number of hydrogen-bond acceptors (Lipinski definition) is 4. The summed E-state index contributed by atoms with van der Waals surface area (Å²) in [7, 11) is 0. The van der Waals surface area contributed by atoms with Crippen molar-refractivity contribution in [2.45, 2.75) is 12.6 Å². The summed E-state index contributed by atoms with van der Waals surface area (Å²) < 4.78 is 46.9. The standard InChI is InChI=1S/C25H26F3N2O3P/c26-25(27,28)24(32)33-34(20-11-4-1-5-12-20,21-13-6-2-7-14-21,22-15-8-3-9-16-22)18-10-17-30-23(31)19-29/h1-9,11-16H,10,17-19,29H2,(H,30,31). The molecule has 0 fully saturated rings. The van der Waals surface area contributed by atoms with Crippen LogP contribution in [-0.4, -0.2) is 37.3 Å². The van der Waals surface area contributed by atoms with Crippen molar-refractivity contribution in [2.24, 2.45) is 5.73 Å². The Morgan fingerprint density at radius 3 is 1.56 bits per heavy atom. The number of halogens is 3. The Balaban J connectivity index is 2.35. The van der Waals surface area contributed by atoms with Gasteiger partial charge in [0.25, 0.3) is 0 Å². The van der Waals surface area contributed by atoms with Crippen molar-refractivity contribution in [3.05, 3.63) is 91.0 Å². The van der Waals surface area contributed by atoms with Gasteiger partial charge >= 0.3 is 196 Å². The molecular formula is C25H26F3N2O3P. The van der Waals surface area contributed by atoms with Gasteiger partial charge in [-0.15, -0.1) is 0 Å². The molecule has 0 saturated carbocycles. The molecule has 0 saturated heterocycles. The Kier molecular flexibility index (Phi) is 7.75. The van der Waals surface area contributed by atoms with Gasteiger partial charge < -0.3 is 0 Å². The molecule has 0 spiro atoms. The van der Waals surface area contributed by atoms with E-state index in [9.17, 15) is 22.8 Å². The molecule has 0 heterocycles. The molecule has 34 heavy (non-hydrogen) atoms. The molecule has 5 nitrogen and oxygen atoms in total. The normalized spacial score (nSPS) is 12.9. The van der Waals surface area contributed by atoms with Crippen molar-refractivity contribution in [3.8, 4) is 0 Å². The second kappa shape index (κ2) is 10.4. The van der Waals surface area contributed by atoms with Gasteiger partial charge in [-0.25, -0.2) is 0 Å². The number of benzene rings is 3. The van der Waals surface area contributed by atoms with E-state index in [4.69, 9.17) is 10.3 Å². The Morgan fingerprint density at radius 1 is 0.794 bits per heavy atom. The molecule has 3 aromatic rings. The summed E-state index contributed by atoms with van der Waals surface area (Å²) in [6, 6.07) is 25.7. The number of alkyl halides is 3. The van der Waals surface area contributed by atoms with Crippen molar-refractivity contribution in [2.75, 3.05) is 19.3 Å². The Morgan fingerprint density at radius 2 is 1.21 bits per heavy atom. The predicted molar refractivity (Wildman–Crippen MR) is 129 cm³/mol. The Labute approximate surface area is 196 Å². The van der Waals surface area contributed by atoms with Gasteiger partial charge in [-0.1, -0.05) is 0 Å². The molecule has 180 valence electrons. The van der Waals surface area contributed by atoms with E-state index < -0.39 is 19.0 Å². The number of nitrogens with one attached hydrogen (secondary N) is 1. The van der Waals surface area contributed by atoms with Crippen LogP contribution in [0.5, 0.6) is 0 Å². The molecule has 3 rings (SSSR count). The summed E-state index contributed by atoms with van der Waals surface area (Å²) in [5.74, 6) is -2.64. The fourth-order valence-corrected chi connectivity index (χ4v) is 9.90. The number of hydrogen-bond donors (Lipinski definition) is 2. The summed E-state index contributed by atoms with van der Waals surface area (Å²) in [5, 5.41) is 4.10. The zero-order valence-electron chi connectivity index (χ0n) is 18.4. The van der Waals surface area contributed by atoms with Crippen LogP contribution in [-0.2, 0) is 14.1 Å². The van der Waals surface area contributed by atoms with E-state index in [0.29, 0.717) is 15.9 Å². The van der Waals surface area contributed by atoms with E-state index in [2.05, 4.69) is 5.32 Å². The van der Waals surface area contributed by atoms with E-state index in [1.807, 2.05) is 0 Å². The molecule has 0 aliphatic heterocycles. The van der Waals surface area contributed by atoms with Crippen LogP contribution in [0.1, 0.15) is 6.42 Å². The SMILES string of the molecule is NCC(=O)NCCCP(OC(=O)C(F)(F)F)(c1ccccc1)(c1ccccc1)c1ccccc1. The topological polar surface area (TPSA) is 81.4 Å². The molecule has 3 N–H and O–H groups in total. The summed E-state index contributed by atoms with van der Waals surface area (Å²) in [6.07, 6.45) is -4.90. The van der Waals surface area contributed by atoms with Gasteiger partial charge in [0.1, 0.15) is 0 Å². The van der Waals surface area contributed by atoms with Gasteiger partial charge in [0, 0.05) is 0 Å². The summed E-state index contributed by atoms with van der Waals surface area (Å²) >= 11 is 0. The first-order valence-corrected chi connectivity index (χ1v) is 13.0. The predicted octanol–water partition coefficient (Wildman–Crippen LogP) is 3.00. The molecule has 0 unspecified atom stereocenters. The third-order valence-corrected chi connectivity index (χ3v) is 11.6. The van der Waals surface area contributed by atoms with Crippen molar-refractivity contribution in [1.82, 2.24) is 5.32 Å². The van der Waals surface area contributed by atoms with Gasteiger partial charge in [-0.2, -0.15) is 0 Å². The van der Waals surface area contributed by atoms with Gasteiger partial charge in [0.15, 0.2) is 0 Å². The van der Waals surface area contributed by atoms with Crippen LogP contribution in [0.4, 0.5) is 13.2 Å². The minimum atomic E-state index is -5.20. The minimum absolute atomic E-state index is 0.0519. The molecular weight excluding hydrogens is 464 g/mol. The van der Waals surface area contributed by atoms with Crippen LogP contribution < -0.4 is 27.0 Å². The first-order valence-electron chi connectivity index (χ1n) is 10.7. The number of carbonyl (C=O) groups excluding carboxylic acids is 2. The van der Waals surface area contributed by atoms with E-state index in [-0.39, 0.29) is 31.6 Å². The van der Waals surface area contributed by atoms with Crippen molar-refractivity contribution in [3.63, 3.8) is 0 Å². The average Bonchev–Trinajstić information content (AvgIpc) is 2.86. The third kappa shape index (κ3) is 4.83. The van der Waals surface area contributed by atoms with E-state index in [1.165, 1.54) is 0 Å². The molecule has 9 heteroatoms. The maximum absolute atomic E-state index is 13.7. The molecule has 0 aliphatic carbocycles. The molecule has 0 radical (unpaired) electrons. The molecule has 1 amide bonds. The van der Waals surface area contributed by atoms with E-state index >= 15 is 0 Å². The first kappa shape index (κ1) is 25.4. The van der Waals surface area contributed by atoms with Gasteiger partial charge in [0.2, 0.25) is 0 Å². The summed E-state index contributed by atoms with van der Waals surface area (Å²) in [5.41, 5.74) is 5.35. The second-order valence-electron chi connectivity index (χ2n) is 7.73. The summed E-state index contributed by atoms with van der Waals surface area (Å²) in [4.78, 5) is 24.3. The zero-order valence-corrected chi connectivity index (χ0v) is 19.3. The van der Waals surface area contributed by atoms with Crippen LogP contribution in [0.3, 0.4) is 0 Å². The van der Waals surface area contributed by atoms with Crippen LogP contribution in [0.2, 0.25) is 0 Å². The van der Waals surface area contributed by atoms with Crippen LogP contribution in [0.15, 0.2) is 91.0 Å². The summed E-state index contributed by atoms with van der Waals surface area (Å²) in [6.45, 7) is -4.56. The third-order valence-electron chi connectivity index (χ3n) is 5.69. The molecule has 3 aromatic carbocycles. The van der Waals surface area contributed by atoms with Gasteiger partial charge in [-0.3, -0.25) is 0 Å². The second-order valence-corrected chi connectivity index (χ2v) is 12.3. The Hall–Kier alpha value is -3.22. The number of rotatable bonds is 9. The Bertz CT molecular complexity index is 1010. The van der Waals surface area contributed by atoms with Gasteiger partial charge in [-0.05, 0) is 0 Å². The number of nitrogens with two attached hydrogens (primary N) is 1. The number of carbonyl (C=O) groups is 2. The van der Waals surface area contributed by atoms with Crippen LogP contribution in [0, 0.1) is 0 Å². The van der Waals surface area contributed by atoms with Crippen molar-refractivity contribution in [1.29, 1.82) is 0 Å². The van der Waals surface area contributed by atoms with Crippen molar-refractivity contribution < 1.29 is 27.3 Å². The van der Waals surface area contributed by atoms with Crippen LogP contribution >= 0.6 is 6.83 Å². The molecule has 0 aromatic heterocycles.